The van der Waals surface area contributed by atoms with E-state index in [0.717, 1.165) is 5.69 Å². The summed E-state index contributed by atoms with van der Waals surface area (Å²) in [5.41, 5.74) is 2.17. The predicted molar refractivity (Wildman–Crippen MR) is 81.3 cm³/mol. The summed E-state index contributed by atoms with van der Waals surface area (Å²) in [4.78, 5) is 11.6. The van der Waals surface area contributed by atoms with Gasteiger partial charge in [-0.2, -0.15) is 0 Å². The number of nitrogens with one attached hydrogen (secondary N) is 2. The zero-order chi connectivity index (χ0) is 14.5. The van der Waals surface area contributed by atoms with Crippen molar-refractivity contribution in [3.8, 4) is 0 Å². The summed E-state index contributed by atoms with van der Waals surface area (Å²) in [6.07, 6.45) is 3.60. The maximum Gasteiger partial charge on any atom is 0.323 e. The summed E-state index contributed by atoms with van der Waals surface area (Å²) in [7, 11) is 0. The second kappa shape index (κ2) is 6.41. The van der Waals surface area contributed by atoms with Crippen molar-refractivity contribution in [2.75, 3.05) is 5.32 Å². The third kappa shape index (κ3) is 5.60. The van der Waals surface area contributed by atoms with Gasteiger partial charge < -0.3 is 10.6 Å². The number of allylic oxidation sites excluding steroid dienone is 1. The average Bonchev–Trinajstić information content (AvgIpc) is 2.27. The Morgan fingerprint density at radius 3 is 2.21 bits per heavy atom. The lowest BCUT2D eigenvalue weighted by molar-refractivity contribution is 0.255. The molecule has 0 aliphatic rings. The molecule has 0 unspecified atom stereocenters. The van der Waals surface area contributed by atoms with Crippen LogP contribution in [0.4, 0.5) is 10.5 Å². The van der Waals surface area contributed by atoms with E-state index in [2.05, 4.69) is 45.3 Å². The molecule has 19 heavy (non-hydrogen) atoms. The molecule has 2 amide bonds. The predicted octanol–water partition coefficient (Wildman–Crippen LogP) is 4.28. The molecule has 2 N–H and O–H groups in total. The van der Waals surface area contributed by atoms with Gasteiger partial charge in [-0.25, -0.2) is 4.79 Å². The minimum atomic E-state index is -0.222. The molecule has 0 saturated heterocycles. The molecule has 3 nitrogen and oxygen atoms in total. The largest absolute Gasteiger partial charge is 0.323 e. The van der Waals surface area contributed by atoms with Gasteiger partial charge in [0.05, 0.1) is 0 Å². The maximum absolute atomic E-state index is 11.6. The van der Waals surface area contributed by atoms with Crippen LogP contribution in [0.3, 0.4) is 0 Å². The highest BCUT2D eigenvalue weighted by molar-refractivity contribution is 5.89. The Morgan fingerprint density at radius 1 is 1.16 bits per heavy atom. The van der Waals surface area contributed by atoms with Crippen molar-refractivity contribution in [1.82, 2.24) is 5.32 Å². The summed E-state index contributed by atoms with van der Waals surface area (Å²) < 4.78 is 0. The molecule has 1 aromatic carbocycles. The molecule has 1 aromatic rings. The van der Waals surface area contributed by atoms with Crippen LogP contribution >= 0.6 is 0 Å². The van der Waals surface area contributed by atoms with Gasteiger partial charge in [0.25, 0.3) is 0 Å². The third-order valence-electron chi connectivity index (χ3n) is 2.70. The fourth-order valence-electron chi connectivity index (χ4n) is 1.54. The molecule has 3 heteroatoms. The van der Waals surface area contributed by atoms with Crippen molar-refractivity contribution in [1.29, 1.82) is 0 Å². The number of urea groups is 1. The Bertz CT molecular complexity index is 439. The highest BCUT2D eigenvalue weighted by Gasteiger charge is 2.12. The van der Waals surface area contributed by atoms with E-state index in [1.165, 1.54) is 5.56 Å². The molecule has 0 saturated carbocycles. The Hall–Kier alpha value is -1.77. The fraction of sp³-hybridized carbons (Fsp3) is 0.438. The summed E-state index contributed by atoms with van der Waals surface area (Å²) in [6.45, 7) is 10.6. The summed E-state index contributed by atoms with van der Waals surface area (Å²) in [5.74, 6) is 0.423. The molecule has 0 radical (unpaired) electrons. The normalized spacial score (nSPS) is 11.9. The van der Waals surface area contributed by atoms with E-state index >= 15 is 0 Å². The van der Waals surface area contributed by atoms with E-state index in [-0.39, 0.29) is 11.4 Å². The van der Waals surface area contributed by atoms with Crippen LogP contribution in [0, 0.1) is 5.92 Å². The number of rotatable bonds is 3. The number of anilines is 1. The minimum absolute atomic E-state index is 0.126. The fourth-order valence-corrected chi connectivity index (χ4v) is 1.54. The van der Waals surface area contributed by atoms with E-state index < -0.39 is 0 Å². The van der Waals surface area contributed by atoms with Gasteiger partial charge in [-0.05, 0) is 29.0 Å². The van der Waals surface area contributed by atoms with Crippen LogP contribution in [0.5, 0.6) is 0 Å². The first-order valence-corrected chi connectivity index (χ1v) is 6.64. The zero-order valence-corrected chi connectivity index (χ0v) is 12.4. The monoisotopic (exact) mass is 260 g/mol. The number of carbonyl (C=O) groups is 1. The topological polar surface area (TPSA) is 41.1 Å². The average molecular weight is 260 g/mol. The van der Waals surface area contributed by atoms with Gasteiger partial charge in [0.2, 0.25) is 0 Å². The lowest BCUT2D eigenvalue weighted by Gasteiger charge is -2.19. The summed E-state index contributed by atoms with van der Waals surface area (Å²) in [5, 5.41) is 5.47. The van der Waals surface area contributed by atoms with E-state index in [1.807, 2.05) is 30.3 Å². The van der Waals surface area contributed by atoms with E-state index in [4.69, 9.17) is 0 Å². The van der Waals surface area contributed by atoms with Crippen molar-refractivity contribution in [3.05, 3.63) is 42.1 Å². The lowest BCUT2D eigenvalue weighted by atomic mass is 9.87. The van der Waals surface area contributed by atoms with Crippen molar-refractivity contribution < 1.29 is 4.79 Å². The second-order valence-electron chi connectivity index (χ2n) is 6.03. The molecule has 0 bridgehead atoms. The lowest BCUT2D eigenvalue weighted by Crippen LogP contribution is -2.24. The van der Waals surface area contributed by atoms with Crippen molar-refractivity contribution in [2.45, 2.75) is 40.0 Å². The minimum Gasteiger partial charge on any atom is -0.315 e. The first-order valence-electron chi connectivity index (χ1n) is 6.64. The quantitative estimate of drug-likeness (QED) is 0.837. The van der Waals surface area contributed by atoms with Gasteiger partial charge in [0.15, 0.2) is 0 Å². The zero-order valence-electron chi connectivity index (χ0n) is 12.4. The van der Waals surface area contributed by atoms with Crippen LogP contribution in [0.1, 0.15) is 40.2 Å². The van der Waals surface area contributed by atoms with Gasteiger partial charge in [0, 0.05) is 11.9 Å². The van der Waals surface area contributed by atoms with Crippen LogP contribution in [-0.4, -0.2) is 6.03 Å². The number of carbonyl (C=O) groups excluding carboxylic acids is 1. The smallest absolute Gasteiger partial charge is 0.315 e. The SMILES string of the molecule is CC(C)/C=C/NC(=O)Nc1ccc(C(C)(C)C)cc1. The maximum atomic E-state index is 11.6. The van der Waals surface area contributed by atoms with Crippen LogP contribution in [0.25, 0.3) is 0 Å². The molecule has 0 heterocycles. The van der Waals surface area contributed by atoms with Gasteiger partial charge in [-0.15, -0.1) is 0 Å². The summed E-state index contributed by atoms with van der Waals surface area (Å²) >= 11 is 0. The molecule has 104 valence electrons. The van der Waals surface area contributed by atoms with Gasteiger partial charge in [0.1, 0.15) is 0 Å². The van der Waals surface area contributed by atoms with Gasteiger partial charge in [-0.3, -0.25) is 0 Å². The Balaban J connectivity index is 2.56. The molecule has 0 atom stereocenters. The second-order valence-corrected chi connectivity index (χ2v) is 6.03. The molecular formula is C16H24N2O. The number of benzene rings is 1. The first kappa shape index (κ1) is 15.3. The molecular weight excluding hydrogens is 236 g/mol. The first-order chi connectivity index (χ1) is 8.79. The van der Waals surface area contributed by atoms with E-state index in [0.29, 0.717) is 5.92 Å². The highest BCUT2D eigenvalue weighted by Crippen LogP contribution is 2.23. The van der Waals surface area contributed by atoms with Crippen LogP contribution in [0.2, 0.25) is 0 Å². The molecule has 0 aliphatic heterocycles. The van der Waals surface area contributed by atoms with Crippen LogP contribution in [0.15, 0.2) is 36.5 Å². The standard InChI is InChI=1S/C16H24N2O/c1-12(2)10-11-17-15(19)18-14-8-6-13(7-9-14)16(3,4)5/h6-12H,1-5H3,(H2,17,18,19)/b11-10+. The third-order valence-corrected chi connectivity index (χ3v) is 2.70. The van der Waals surface area contributed by atoms with Crippen LogP contribution < -0.4 is 10.6 Å². The Labute approximate surface area is 116 Å². The molecule has 0 spiro atoms. The van der Waals surface area contributed by atoms with Crippen LogP contribution in [-0.2, 0) is 5.41 Å². The number of hydrogen-bond acceptors (Lipinski definition) is 1. The van der Waals surface area contributed by atoms with E-state index in [9.17, 15) is 4.79 Å². The molecule has 0 aromatic heterocycles. The van der Waals surface area contributed by atoms with E-state index in [1.54, 1.807) is 6.20 Å². The molecule has 1 rings (SSSR count). The highest BCUT2D eigenvalue weighted by atomic mass is 16.2. The number of hydrogen-bond donors (Lipinski definition) is 2. The van der Waals surface area contributed by atoms with Crippen molar-refractivity contribution >= 4 is 11.7 Å². The summed E-state index contributed by atoms with van der Waals surface area (Å²) in [6, 6.07) is 7.71. The molecule has 0 fully saturated rings. The van der Waals surface area contributed by atoms with Crippen molar-refractivity contribution in [2.24, 2.45) is 5.92 Å². The van der Waals surface area contributed by atoms with Crippen molar-refractivity contribution in [3.63, 3.8) is 0 Å². The number of amides is 2. The Morgan fingerprint density at radius 2 is 1.74 bits per heavy atom. The molecule has 0 aliphatic carbocycles. The Kier molecular flexibility index (Phi) is 5.16. The van der Waals surface area contributed by atoms with Gasteiger partial charge in [-0.1, -0.05) is 52.8 Å². The van der Waals surface area contributed by atoms with Gasteiger partial charge >= 0.3 is 6.03 Å².